The van der Waals surface area contributed by atoms with E-state index in [1.807, 2.05) is 20.8 Å². The third-order valence-electron chi connectivity index (χ3n) is 3.82. The van der Waals surface area contributed by atoms with Gasteiger partial charge in [0.25, 0.3) is 0 Å². The second kappa shape index (κ2) is 5.51. The van der Waals surface area contributed by atoms with Crippen molar-refractivity contribution in [2.75, 3.05) is 12.8 Å². The van der Waals surface area contributed by atoms with Crippen LogP contribution in [-0.2, 0) is 10.0 Å². The van der Waals surface area contributed by atoms with Gasteiger partial charge in [-0.1, -0.05) is 19.9 Å². The average Bonchev–Trinajstić information content (AvgIpc) is 2.32. The summed E-state index contributed by atoms with van der Waals surface area (Å²) in [6, 6.07) is 3.43. The first-order valence-electron chi connectivity index (χ1n) is 6.44. The van der Waals surface area contributed by atoms with Gasteiger partial charge in [-0.05, 0) is 43.9 Å². The van der Waals surface area contributed by atoms with Gasteiger partial charge in [0, 0.05) is 18.8 Å². The summed E-state index contributed by atoms with van der Waals surface area (Å²) in [5, 5.41) is 0. The van der Waals surface area contributed by atoms with E-state index in [1.165, 1.54) is 4.31 Å². The number of nitrogens with zero attached hydrogens (tertiary/aromatic N) is 1. The van der Waals surface area contributed by atoms with E-state index >= 15 is 0 Å². The second-order valence-electron chi connectivity index (χ2n) is 5.43. The number of anilines is 1. The van der Waals surface area contributed by atoms with Gasteiger partial charge >= 0.3 is 0 Å². The molecule has 1 atom stereocenters. The van der Waals surface area contributed by atoms with Gasteiger partial charge in [0.05, 0.1) is 4.90 Å². The van der Waals surface area contributed by atoms with Crippen molar-refractivity contribution >= 4 is 15.7 Å². The van der Waals surface area contributed by atoms with E-state index in [4.69, 9.17) is 5.73 Å². The quantitative estimate of drug-likeness (QED) is 0.864. The number of nitrogen functional groups attached to an aromatic ring is 1. The Morgan fingerprint density at radius 3 is 2.16 bits per heavy atom. The highest BCUT2D eigenvalue weighted by atomic mass is 32.2. The van der Waals surface area contributed by atoms with Crippen molar-refractivity contribution in [1.82, 2.24) is 4.31 Å². The van der Waals surface area contributed by atoms with Crippen LogP contribution in [0.4, 0.5) is 5.69 Å². The fraction of sp³-hybridized carbons (Fsp3) is 0.571. The number of rotatable bonds is 4. The predicted molar refractivity (Wildman–Crippen MR) is 79.6 cm³/mol. The minimum atomic E-state index is -3.51. The summed E-state index contributed by atoms with van der Waals surface area (Å²) in [5.41, 5.74) is 7.71. The molecule has 1 aromatic carbocycles. The first-order valence-corrected chi connectivity index (χ1v) is 7.88. The van der Waals surface area contributed by atoms with Crippen molar-refractivity contribution in [3.8, 4) is 0 Å². The molecule has 1 aromatic rings. The van der Waals surface area contributed by atoms with E-state index in [9.17, 15) is 8.42 Å². The molecular formula is C14H24N2O2S. The molecule has 0 aliphatic rings. The van der Waals surface area contributed by atoms with Gasteiger partial charge in [-0.3, -0.25) is 0 Å². The Kier molecular flexibility index (Phi) is 4.63. The van der Waals surface area contributed by atoms with Crippen LogP contribution in [0.1, 0.15) is 31.9 Å². The Bertz CT molecular complexity index is 565. The largest absolute Gasteiger partial charge is 0.398 e. The lowest BCUT2D eigenvalue weighted by Gasteiger charge is -2.28. The molecule has 0 heterocycles. The lowest BCUT2D eigenvalue weighted by molar-refractivity contribution is 0.315. The molecular weight excluding hydrogens is 260 g/mol. The highest BCUT2D eigenvalue weighted by Crippen LogP contribution is 2.28. The van der Waals surface area contributed by atoms with Gasteiger partial charge in [0.15, 0.2) is 0 Å². The zero-order chi connectivity index (χ0) is 15.0. The molecule has 108 valence electrons. The van der Waals surface area contributed by atoms with Crippen molar-refractivity contribution in [2.45, 2.75) is 45.6 Å². The van der Waals surface area contributed by atoms with Crippen molar-refractivity contribution in [3.63, 3.8) is 0 Å². The molecule has 0 aliphatic heterocycles. The lowest BCUT2D eigenvalue weighted by Crippen LogP contribution is -2.38. The Hall–Kier alpha value is -1.07. The van der Waals surface area contributed by atoms with Gasteiger partial charge in [0.1, 0.15) is 0 Å². The number of aryl methyl sites for hydroxylation is 1. The zero-order valence-electron chi connectivity index (χ0n) is 12.6. The first kappa shape index (κ1) is 16.0. The van der Waals surface area contributed by atoms with Crippen LogP contribution in [0, 0.1) is 19.8 Å². The van der Waals surface area contributed by atoms with Crippen LogP contribution < -0.4 is 5.73 Å². The van der Waals surface area contributed by atoms with Crippen LogP contribution in [0.5, 0.6) is 0 Å². The molecule has 0 spiro atoms. The van der Waals surface area contributed by atoms with Crippen molar-refractivity contribution in [2.24, 2.45) is 5.92 Å². The molecule has 0 radical (unpaired) electrons. The van der Waals surface area contributed by atoms with E-state index < -0.39 is 10.0 Å². The van der Waals surface area contributed by atoms with E-state index in [-0.39, 0.29) is 12.0 Å². The molecule has 4 nitrogen and oxygen atoms in total. The molecule has 1 unspecified atom stereocenters. The number of benzene rings is 1. The van der Waals surface area contributed by atoms with Gasteiger partial charge in [-0.2, -0.15) is 4.31 Å². The summed E-state index contributed by atoms with van der Waals surface area (Å²) in [7, 11) is -1.89. The fourth-order valence-corrected chi connectivity index (χ4v) is 3.97. The first-order chi connectivity index (χ1) is 8.60. The Morgan fingerprint density at radius 1 is 1.16 bits per heavy atom. The van der Waals surface area contributed by atoms with E-state index in [0.29, 0.717) is 16.1 Å². The maximum atomic E-state index is 12.7. The third kappa shape index (κ3) is 2.92. The summed E-state index contributed by atoms with van der Waals surface area (Å²) < 4.78 is 26.9. The summed E-state index contributed by atoms with van der Waals surface area (Å²) in [4.78, 5) is 0.336. The molecule has 0 bridgehead atoms. The lowest BCUT2D eigenvalue weighted by atomic mass is 10.1. The Balaban J connectivity index is 3.40. The molecule has 19 heavy (non-hydrogen) atoms. The van der Waals surface area contributed by atoms with Crippen molar-refractivity contribution in [1.29, 1.82) is 0 Å². The fourth-order valence-electron chi connectivity index (χ4n) is 2.02. The van der Waals surface area contributed by atoms with Crippen molar-refractivity contribution < 1.29 is 8.42 Å². The van der Waals surface area contributed by atoms with E-state index in [1.54, 1.807) is 33.0 Å². The minimum Gasteiger partial charge on any atom is -0.398 e. The highest BCUT2D eigenvalue weighted by molar-refractivity contribution is 7.89. The molecule has 0 amide bonds. The monoisotopic (exact) mass is 284 g/mol. The van der Waals surface area contributed by atoms with Gasteiger partial charge in [0.2, 0.25) is 10.0 Å². The van der Waals surface area contributed by atoms with Gasteiger partial charge < -0.3 is 5.73 Å². The molecule has 0 saturated carbocycles. The number of sulfonamides is 1. The summed E-state index contributed by atoms with van der Waals surface area (Å²) >= 11 is 0. The summed E-state index contributed by atoms with van der Waals surface area (Å²) in [6.07, 6.45) is 0. The molecule has 5 heteroatoms. The predicted octanol–water partition coefficient (Wildman–Crippen LogP) is 2.55. The third-order valence-corrected chi connectivity index (χ3v) is 6.05. The SMILES string of the molecule is Cc1ccc(N)c(C)c1S(=O)(=O)N(C)C(C)C(C)C. The number of nitrogens with two attached hydrogens (primary N) is 1. The van der Waals surface area contributed by atoms with Crippen LogP contribution in [0.25, 0.3) is 0 Å². The summed E-state index contributed by atoms with van der Waals surface area (Å²) in [6.45, 7) is 9.49. The highest BCUT2D eigenvalue weighted by Gasteiger charge is 2.30. The normalized spacial score (nSPS) is 14.1. The molecule has 0 fully saturated rings. The maximum absolute atomic E-state index is 12.7. The molecule has 2 N–H and O–H groups in total. The zero-order valence-corrected chi connectivity index (χ0v) is 13.4. The van der Waals surface area contributed by atoms with E-state index in [2.05, 4.69) is 0 Å². The molecule has 1 rings (SSSR count). The van der Waals surface area contributed by atoms with Crippen LogP contribution in [0.15, 0.2) is 17.0 Å². The minimum absolute atomic E-state index is 0.0646. The second-order valence-corrected chi connectivity index (χ2v) is 7.37. The van der Waals surface area contributed by atoms with Crippen molar-refractivity contribution in [3.05, 3.63) is 23.3 Å². The van der Waals surface area contributed by atoms with Gasteiger partial charge in [-0.15, -0.1) is 0 Å². The topological polar surface area (TPSA) is 63.4 Å². The van der Waals surface area contributed by atoms with Crippen LogP contribution in [0.2, 0.25) is 0 Å². The number of hydrogen-bond acceptors (Lipinski definition) is 3. The Morgan fingerprint density at radius 2 is 1.68 bits per heavy atom. The molecule has 0 aliphatic carbocycles. The maximum Gasteiger partial charge on any atom is 0.243 e. The standard InChI is InChI=1S/C14H24N2O2S/c1-9(2)12(5)16(6)19(17,18)14-10(3)7-8-13(15)11(14)4/h7-9,12H,15H2,1-6H3. The van der Waals surface area contributed by atoms with Crippen LogP contribution in [-0.4, -0.2) is 25.8 Å². The van der Waals surface area contributed by atoms with E-state index in [0.717, 1.165) is 5.56 Å². The van der Waals surface area contributed by atoms with Crippen LogP contribution >= 0.6 is 0 Å². The average molecular weight is 284 g/mol. The smallest absolute Gasteiger partial charge is 0.243 e. The molecule has 0 saturated heterocycles. The summed E-state index contributed by atoms with van der Waals surface area (Å²) in [5.74, 6) is 0.251. The molecule has 0 aromatic heterocycles. The Labute approximate surface area is 116 Å². The van der Waals surface area contributed by atoms with Crippen LogP contribution in [0.3, 0.4) is 0 Å². The van der Waals surface area contributed by atoms with Gasteiger partial charge in [-0.25, -0.2) is 8.42 Å². The number of hydrogen-bond donors (Lipinski definition) is 1.